The highest BCUT2D eigenvalue weighted by atomic mass is 19.1. The Bertz CT molecular complexity index is 1070. The molecular formula is C28H32FN3O2. The van der Waals surface area contributed by atoms with Gasteiger partial charge in [0.1, 0.15) is 5.82 Å². The van der Waals surface area contributed by atoms with Crippen molar-refractivity contribution in [2.75, 3.05) is 39.9 Å². The first kappa shape index (κ1) is 24.1. The van der Waals surface area contributed by atoms with Gasteiger partial charge in [-0.05, 0) is 48.0 Å². The van der Waals surface area contributed by atoms with Crippen LogP contribution in [0.5, 0.6) is 0 Å². The number of nitrogens with zero attached hydrogens (tertiary/aromatic N) is 2. The van der Waals surface area contributed by atoms with Crippen LogP contribution in [0.4, 0.5) is 4.39 Å². The van der Waals surface area contributed by atoms with Gasteiger partial charge in [0.25, 0.3) is 5.91 Å². The molecule has 0 radical (unpaired) electrons. The second kappa shape index (κ2) is 11.9. The SMILES string of the molecule is CN(Cc1ccccc1)Cc1cccc(C(=O)NCC(c2cccc(F)c2)N2CCOCC2)c1. The lowest BCUT2D eigenvalue weighted by molar-refractivity contribution is 0.0162. The molecule has 178 valence electrons. The molecule has 0 spiro atoms. The van der Waals surface area contributed by atoms with Gasteiger partial charge >= 0.3 is 0 Å². The number of carbonyl (C=O) groups is 1. The molecule has 4 rings (SSSR count). The first-order chi connectivity index (χ1) is 16.6. The number of carbonyl (C=O) groups excluding carboxylic acids is 1. The fraction of sp³-hybridized carbons (Fsp3) is 0.321. The first-order valence-corrected chi connectivity index (χ1v) is 11.8. The van der Waals surface area contributed by atoms with Crippen molar-refractivity contribution < 1.29 is 13.9 Å². The second-order valence-corrected chi connectivity index (χ2v) is 8.79. The standard InChI is InChI=1S/C28H32FN3O2/c1-31(20-22-7-3-2-4-8-22)21-23-9-5-11-25(17-23)28(33)30-19-27(32-13-15-34-16-14-32)24-10-6-12-26(29)18-24/h2-12,17-18,27H,13-16,19-21H2,1H3,(H,30,33). The summed E-state index contributed by atoms with van der Waals surface area (Å²) in [7, 11) is 2.08. The highest BCUT2D eigenvalue weighted by molar-refractivity contribution is 5.94. The Kier molecular flexibility index (Phi) is 8.41. The molecule has 6 heteroatoms. The average Bonchev–Trinajstić information content (AvgIpc) is 2.85. The predicted molar refractivity (Wildman–Crippen MR) is 132 cm³/mol. The summed E-state index contributed by atoms with van der Waals surface area (Å²) < 4.78 is 19.4. The summed E-state index contributed by atoms with van der Waals surface area (Å²) in [6.45, 7) is 4.76. The zero-order chi connectivity index (χ0) is 23.8. The molecule has 1 heterocycles. The fourth-order valence-electron chi connectivity index (χ4n) is 4.43. The van der Waals surface area contributed by atoms with Crippen LogP contribution in [0, 0.1) is 5.82 Å². The minimum Gasteiger partial charge on any atom is -0.379 e. The van der Waals surface area contributed by atoms with Crippen LogP contribution in [-0.4, -0.2) is 55.6 Å². The van der Waals surface area contributed by atoms with Crippen molar-refractivity contribution in [2.24, 2.45) is 0 Å². The van der Waals surface area contributed by atoms with Crippen LogP contribution >= 0.6 is 0 Å². The number of hydrogen-bond donors (Lipinski definition) is 1. The molecule has 5 nitrogen and oxygen atoms in total. The number of nitrogens with one attached hydrogen (secondary N) is 1. The van der Waals surface area contributed by atoms with E-state index in [1.165, 1.54) is 11.6 Å². The van der Waals surface area contributed by atoms with E-state index in [1.807, 2.05) is 48.5 Å². The Balaban J connectivity index is 1.40. The maximum atomic E-state index is 13.9. The molecule has 0 saturated carbocycles. The largest absolute Gasteiger partial charge is 0.379 e. The Morgan fingerprint density at radius 1 is 0.971 bits per heavy atom. The number of rotatable bonds is 9. The van der Waals surface area contributed by atoms with E-state index in [0.717, 1.165) is 37.3 Å². The lowest BCUT2D eigenvalue weighted by Crippen LogP contribution is -2.43. The molecule has 1 amide bonds. The molecule has 0 bridgehead atoms. The number of halogens is 1. The number of morpholine rings is 1. The van der Waals surface area contributed by atoms with Gasteiger partial charge in [-0.25, -0.2) is 4.39 Å². The van der Waals surface area contributed by atoms with Gasteiger partial charge in [-0.3, -0.25) is 14.6 Å². The van der Waals surface area contributed by atoms with Crippen LogP contribution in [-0.2, 0) is 17.8 Å². The molecule has 1 aliphatic rings. The van der Waals surface area contributed by atoms with Gasteiger partial charge in [0.15, 0.2) is 0 Å². The van der Waals surface area contributed by atoms with Gasteiger partial charge in [-0.15, -0.1) is 0 Å². The highest BCUT2D eigenvalue weighted by Crippen LogP contribution is 2.22. The minimum atomic E-state index is -0.269. The predicted octanol–water partition coefficient (Wildman–Crippen LogP) is 4.26. The number of hydrogen-bond acceptors (Lipinski definition) is 4. The normalized spacial score (nSPS) is 15.3. The summed E-state index contributed by atoms with van der Waals surface area (Å²) in [6.07, 6.45) is 0. The quantitative estimate of drug-likeness (QED) is 0.517. The maximum absolute atomic E-state index is 13.9. The van der Waals surface area contributed by atoms with E-state index in [2.05, 4.69) is 34.3 Å². The van der Waals surface area contributed by atoms with Gasteiger partial charge in [-0.2, -0.15) is 0 Å². The summed E-state index contributed by atoms with van der Waals surface area (Å²) in [4.78, 5) is 17.5. The lowest BCUT2D eigenvalue weighted by Gasteiger charge is -2.35. The van der Waals surface area contributed by atoms with Crippen LogP contribution < -0.4 is 5.32 Å². The Labute approximate surface area is 201 Å². The van der Waals surface area contributed by atoms with E-state index < -0.39 is 0 Å². The Hall–Kier alpha value is -3.06. The Morgan fingerprint density at radius 3 is 2.44 bits per heavy atom. The van der Waals surface area contributed by atoms with E-state index in [1.54, 1.807) is 12.1 Å². The monoisotopic (exact) mass is 461 g/mol. The highest BCUT2D eigenvalue weighted by Gasteiger charge is 2.24. The zero-order valence-corrected chi connectivity index (χ0v) is 19.6. The van der Waals surface area contributed by atoms with E-state index in [9.17, 15) is 9.18 Å². The molecule has 3 aromatic carbocycles. The molecular weight excluding hydrogens is 429 g/mol. The van der Waals surface area contributed by atoms with Crippen molar-refractivity contribution in [3.63, 3.8) is 0 Å². The van der Waals surface area contributed by atoms with E-state index in [4.69, 9.17) is 4.74 Å². The summed E-state index contributed by atoms with van der Waals surface area (Å²) >= 11 is 0. The second-order valence-electron chi connectivity index (χ2n) is 8.79. The first-order valence-electron chi connectivity index (χ1n) is 11.8. The molecule has 1 aliphatic heterocycles. The van der Waals surface area contributed by atoms with Gasteiger partial charge < -0.3 is 10.1 Å². The summed E-state index contributed by atoms with van der Waals surface area (Å²) in [5.74, 6) is -0.392. The smallest absolute Gasteiger partial charge is 0.251 e. The van der Waals surface area contributed by atoms with Crippen LogP contribution in [0.25, 0.3) is 0 Å². The van der Waals surface area contributed by atoms with Crippen LogP contribution in [0.2, 0.25) is 0 Å². The lowest BCUT2D eigenvalue weighted by atomic mass is 10.0. The minimum absolute atomic E-state index is 0.108. The maximum Gasteiger partial charge on any atom is 0.251 e. The average molecular weight is 462 g/mol. The van der Waals surface area contributed by atoms with Crippen molar-refractivity contribution in [3.8, 4) is 0 Å². The zero-order valence-electron chi connectivity index (χ0n) is 19.6. The summed E-state index contributed by atoms with van der Waals surface area (Å²) in [6, 6.07) is 24.6. The van der Waals surface area contributed by atoms with E-state index in [0.29, 0.717) is 25.3 Å². The topological polar surface area (TPSA) is 44.8 Å². The molecule has 1 unspecified atom stereocenters. The van der Waals surface area contributed by atoms with Gasteiger partial charge in [0, 0.05) is 38.3 Å². The fourth-order valence-corrected chi connectivity index (χ4v) is 4.43. The van der Waals surface area contributed by atoms with Crippen LogP contribution in [0.15, 0.2) is 78.9 Å². The van der Waals surface area contributed by atoms with Gasteiger partial charge in [-0.1, -0.05) is 54.6 Å². The summed E-state index contributed by atoms with van der Waals surface area (Å²) in [5.41, 5.74) is 3.83. The van der Waals surface area contributed by atoms with Crippen molar-refractivity contribution in [1.29, 1.82) is 0 Å². The van der Waals surface area contributed by atoms with Crippen molar-refractivity contribution in [3.05, 3.63) is 107 Å². The molecule has 0 aromatic heterocycles. The number of amides is 1. The molecule has 1 fully saturated rings. The van der Waals surface area contributed by atoms with Gasteiger partial charge in [0.2, 0.25) is 0 Å². The van der Waals surface area contributed by atoms with E-state index >= 15 is 0 Å². The number of benzene rings is 3. The summed E-state index contributed by atoms with van der Waals surface area (Å²) in [5, 5.41) is 3.08. The third-order valence-corrected chi connectivity index (χ3v) is 6.11. The molecule has 34 heavy (non-hydrogen) atoms. The molecule has 1 saturated heterocycles. The number of ether oxygens (including phenoxy) is 1. The van der Waals surface area contributed by atoms with Crippen LogP contribution in [0.3, 0.4) is 0 Å². The van der Waals surface area contributed by atoms with Crippen molar-refractivity contribution in [2.45, 2.75) is 19.1 Å². The van der Waals surface area contributed by atoms with Crippen molar-refractivity contribution >= 4 is 5.91 Å². The third-order valence-electron chi connectivity index (χ3n) is 6.11. The molecule has 1 N–H and O–H groups in total. The third kappa shape index (κ3) is 6.73. The molecule has 3 aromatic rings. The van der Waals surface area contributed by atoms with Gasteiger partial charge in [0.05, 0.1) is 19.3 Å². The van der Waals surface area contributed by atoms with E-state index in [-0.39, 0.29) is 17.8 Å². The van der Waals surface area contributed by atoms with Crippen molar-refractivity contribution in [1.82, 2.24) is 15.1 Å². The Morgan fingerprint density at radius 2 is 1.68 bits per heavy atom. The molecule has 0 aliphatic carbocycles. The van der Waals surface area contributed by atoms with Crippen LogP contribution in [0.1, 0.15) is 33.1 Å². The molecule has 1 atom stereocenters.